The molecule has 0 atom stereocenters. The number of nitrogens with one attached hydrogen (secondary N) is 1. The second kappa shape index (κ2) is 6.49. The Morgan fingerprint density at radius 2 is 2.24 bits per heavy atom. The average Bonchev–Trinajstić information content (AvgIpc) is 2.81. The van der Waals surface area contributed by atoms with Crippen molar-refractivity contribution in [2.75, 3.05) is 12.3 Å². The first kappa shape index (κ1) is 15.2. The molecule has 0 amide bonds. The number of carbonyl (C=O) groups excluding carboxylic acids is 1. The fourth-order valence-electron chi connectivity index (χ4n) is 1.72. The quantitative estimate of drug-likeness (QED) is 0.641. The molecular formula is C13H16N4O3S. The van der Waals surface area contributed by atoms with Gasteiger partial charge in [0.1, 0.15) is 0 Å². The van der Waals surface area contributed by atoms with Crippen molar-refractivity contribution in [1.29, 1.82) is 0 Å². The SMILES string of the molecule is CCOC(=O)c1ccc(N)c(Sc2n[nH]c(=O)n2CC)c1. The van der Waals surface area contributed by atoms with Gasteiger partial charge in [0.25, 0.3) is 0 Å². The summed E-state index contributed by atoms with van der Waals surface area (Å²) in [5.74, 6) is -0.408. The number of carbonyl (C=O) groups is 1. The van der Waals surface area contributed by atoms with Crippen molar-refractivity contribution in [2.45, 2.75) is 30.4 Å². The first-order chi connectivity index (χ1) is 10.1. The van der Waals surface area contributed by atoms with Gasteiger partial charge >= 0.3 is 11.7 Å². The van der Waals surface area contributed by atoms with Crippen molar-refractivity contribution in [3.05, 3.63) is 34.2 Å². The lowest BCUT2D eigenvalue weighted by molar-refractivity contribution is 0.0526. The van der Waals surface area contributed by atoms with Crippen LogP contribution in [0.1, 0.15) is 24.2 Å². The van der Waals surface area contributed by atoms with Crippen molar-refractivity contribution in [2.24, 2.45) is 0 Å². The van der Waals surface area contributed by atoms with Crippen LogP contribution in [0.2, 0.25) is 0 Å². The fourth-order valence-corrected chi connectivity index (χ4v) is 2.70. The van der Waals surface area contributed by atoms with Crippen LogP contribution < -0.4 is 11.4 Å². The van der Waals surface area contributed by atoms with Gasteiger partial charge in [-0.2, -0.15) is 0 Å². The number of benzene rings is 1. The molecule has 1 heterocycles. The first-order valence-corrected chi connectivity index (χ1v) is 7.28. The molecule has 1 aromatic carbocycles. The van der Waals surface area contributed by atoms with Crippen LogP contribution in [0.5, 0.6) is 0 Å². The van der Waals surface area contributed by atoms with Crippen molar-refractivity contribution in [3.63, 3.8) is 0 Å². The molecule has 0 aliphatic heterocycles. The standard InChI is InChI=1S/C13H16N4O3S/c1-3-17-12(19)15-16-13(17)21-10-7-8(5-6-9(10)14)11(18)20-4-2/h5-7H,3-4,14H2,1-2H3,(H,15,19). The Morgan fingerprint density at radius 1 is 1.48 bits per heavy atom. The lowest BCUT2D eigenvalue weighted by atomic mass is 10.2. The molecule has 3 N–H and O–H groups in total. The molecule has 0 bridgehead atoms. The van der Waals surface area contributed by atoms with Crippen molar-refractivity contribution in [3.8, 4) is 0 Å². The summed E-state index contributed by atoms with van der Waals surface area (Å²) in [5, 5.41) is 6.84. The highest BCUT2D eigenvalue weighted by molar-refractivity contribution is 7.99. The molecule has 1 aromatic heterocycles. The van der Waals surface area contributed by atoms with Gasteiger partial charge in [-0.3, -0.25) is 4.57 Å². The average molecular weight is 308 g/mol. The smallest absolute Gasteiger partial charge is 0.343 e. The van der Waals surface area contributed by atoms with E-state index in [4.69, 9.17) is 10.5 Å². The Balaban J connectivity index is 2.33. The van der Waals surface area contributed by atoms with E-state index < -0.39 is 5.97 Å². The van der Waals surface area contributed by atoms with Gasteiger partial charge in [0.05, 0.1) is 12.2 Å². The number of ether oxygens (including phenoxy) is 1. The largest absolute Gasteiger partial charge is 0.462 e. The Hall–Kier alpha value is -2.22. The molecule has 2 aromatic rings. The molecule has 0 radical (unpaired) electrons. The maximum Gasteiger partial charge on any atom is 0.343 e. The van der Waals surface area contributed by atoms with Gasteiger partial charge in [-0.25, -0.2) is 14.7 Å². The summed E-state index contributed by atoms with van der Waals surface area (Å²) in [6.45, 7) is 4.39. The Morgan fingerprint density at radius 3 is 2.90 bits per heavy atom. The summed E-state index contributed by atoms with van der Waals surface area (Å²) in [5.41, 5.74) is 6.55. The minimum Gasteiger partial charge on any atom is -0.462 e. The van der Waals surface area contributed by atoms with Crippen LogP contribution in [-0.4, -0.2) is 27.3 Å². The summed E-state index contributed by atoms with van der Waals surface area (Å²) in [4.78, 5) is 23.9. The van der Waals surface area contributed by atoms with Crippen LogP contribution in [0, 0.1) is 0 Å². The topological polar surface area (TPSA) is 103 Å². The Labute approximate surface area is 125 Å². The summed E-state index contributed by atoms with van der Waals surface area (Å²) in [6, 6.07) is 4.88. The van der Waals surface area contributed by atoms with Gasteiger partial charge in [-0.1, -0.05) is 0 Å². The van der Waals surface area contributed by atoms with Gasteiger partial charge < -0.3 is 10.5 Å². The van der Waals surface area contributed by atoms with Gasteiger partial charge in [-0.05, 0) is 43.8 Å². The van der Waals surface area contributed by atoms with Crippen LogP contribution in [0.15, 0.2) is 33.0 Å². The van der Waals surface area contributed by atoms with E-state index in [-0.39, 0.29) is 5.69 Å². The number of hydrogen-bond donors (Lipinski definition) is 2. The maximum absolute atomic E-state index is 11.7. The van der Waals surface area contributed by atoms with Crippen LogP contribution in [0.25, 0.3) is 0 Å². The summed E-state index contributed by atoms with van der Waals surface area (Å²) >= 11 is 1.22. The third-order valence-corrected chi connectivity index (χ3v) is 3.83. The molecule has 7 nitrogen and oxygen atoms in total. The van der Waals surface area contributed by atoms with Gasteiger partial charge in [0.15, 0.2) is 5.16 Å². The van der Waals surface area contributed by atoms with E-state index in [1.807, 2.05) is 6.92 Å². The predicted molar refractivity (Wildman–Crippen MR) is 79.5 cm³/mol. The predicted octanol–water partition coefficient (Wildman–Crippen LogP) is 1.50. The molecule has 0 saturated heterocycles. The number of aromatic amines is 1. The molecule has 112 valence electrons. The number of rotatable bonds is 5. The van der Waals surface area contributed by atoms with Gasteiger partial charge in [-0.15, -0.1) is 5.10 Å². The summed E-state index contributed by atoms with van der Waals surface area (Å²) < 4.78 is 6.44. The normalized spacial score (nSPS) is 10.6. The number of hydrogen-bond acceptors (Lipinski definition) is 6. The van der Waals surface area contributed by atoms with Crippen molar-refractivity contribution >= 4 is 23.4 Å². The zero-order chi connectivity index (χ0) is 15.4. The fraction of sp³-hybridized carbons (Fsp3) is 0.308. The zero-order valence-electron chi connectivity index (χ0n) is 11.8. The number of H-pyrrole nitrogens is 1. The number of nitrogens with zero attached hydrogens (tertiary/aromatic N) is 2. The summed E-state index contributed by atoms with van der Waals surface area (Å²) in [6.07, 6.45) is 0. The zero-order valence-corrected chi connectivity index (χ0v) is 12.6. The highest BCUT2D eigenvalue weighted by Gasteiger charge is 2.13. The molecule has 2 rings (SSSR count). The highest BCUT2D eigenvalue weighted by Crippen LogP contribution is 2.31. The molecule has 0 saturated carbocycles. The second-order valence-corrected chi connectivity index (χ2v) is 5.14. The molecule has 0 aliphatic rings. The highest BCUT2D eigenvalue weighted by atomic mass is 32.2. The van der Waals surface area contributed by atoms with Crippen molar-refractivity contribution < 1.29 is 9.53 Å². The molecular weight excluding hydrogens is 292 g/mol. The third-order valence-electron chi connectivity index (χ3n) is 2.77. The maximum atomic E-state index is 11.7. The van der Waals surface area contributed by atoms with E-state index >= 15 is 0 Å². The number of nitrogens with two attached hydrogens (primary N) is 1. The monoisotopic (exact) mass is 308 g/mol. The number of esters is 1. The van der Waals surface area contributed by atoms with Crippen LogP contribution in [-0.2, 0) is 11.3 Å². The minimum absolute atomic E-state index is 0.278. The lowest BCUT2D eigenvalue weighted by Crippen LogP contribution is -2.16. The van der Waals surface area contributed by atoms with Crippen LogP contribution in [0.4, 0.5) is 5.69 Å². The van der Waals surface area contributed by atoms with E-state index in [2.05, 4.69) is 10.2 Å². The van der Waals surface area contributed by atoms with Gasteiger partial charge in [0, 0.05) is 17.1 Å². The third kappa shape index (κ3) is 3.27. The molecule has 0 spiro atoms. The molecule has 0 fully saturated rings. The van der Waals surface area contributed by atoms with E-state index in [0.29, 0.717) is 34.5 Å². The minimum atomic E-state index is -0.408. The molecule has 0 aliphatic carbocycles. The second-order valence-electron chi connectivity index (χ2n) is 4.13. The Kier molecular flexibility index (Phi) is 4.69. The van der Waals surface area contributed by atoms with E-state index in [9.17, 15) is 9.59 Å². The number of aromatic nitrogens is 3. The molecule has 21 heavy (non-hydrogen) atoms. The van der Waals surface area contributed by atoms with Crippen LogP contribution >= 0.6 is 11.8 Å². The first-order valence-electron chi connectivity index (χ1n) is 6.46. The number of anilines is 1. The Bertz CT molecular complexity index is 708. The number of nitrogen functional groups attached to an aromatic ring is 1. The lowest BCUT2D eigenvalue weighted by Gasteiger charge is -2.08. The van der Waals surface area contributed by atoms with E-state index in [0.717, 1.165) is 0 Å². The molecule has 0 unspecified atom stereocenters. The van der Waals surface area contributed by atoms with Crippen molar-refractivity contribution in [1.82, 2.24) is 14.8 Å². The van der Waals surface area contributed by atoms with Crippen LogP contribution in [0.3, 0.4) is 0 Å². The summed E-state index contributed by atoms with van der Waals surface area (Å²) in [7, 11) is 0. The van der Waals surface area contributed by atoms with Gasteiger partial charge in [0.2, 0.25) is 0 Å². The van der Waals surface area contributed by atoms with E-state index in [1.165, 1.54) is 16.3 Å². The van der Waals surface area contributed by atoms with E-state index in [1.54, 1.807) is 25.1 Å². The molecule has 8 heteroatoms.